The summed E-state index contributed by atoms with van der Waals surface area (Å²) in [6, 6.07) is 2.74. The molecule has 0 bridgehead atoms. The summed E-state index contributed by atoms with van der Waals surface area (Å²) in [5, 5.41) is 12.2. The third kappa shape index (κ3) is 4.51. The average Bonchev–Trinajstić information content (AvgIpc) is 2.79. The number of nitrogens with zero attached hydrogens (tertiary/aromatic N) is 3. The van der Waals surface area contributed by atoms with Crippen LogP contribution in [0.2, 0.25) is 0 Å². The van der Waals surface area contributed by atoms with Crippen molar-refractivity contribution in [2.24, 2.45) is 7.05 Å². The number of halogens is 2. The van der Waals surface area contributed by atoms with E-state index in [-0.39, 0.29) is 17.4 Å². The van der Waals surface area contributed by atoms with Crippen LogP contribution < -0.4 is 4.74 Å². The Balaban J connectivity index is 0.00000106. The van der Waals surface area contributed by atoms with Crippen molar-refractivity contribution in [3.8, 4) is 17.4 Å². The molecular formula is C13H15F2N3O3. The van der Waals surface area contributed by atoms with Gasteiger partial charge >= 0.3 is 12.0 Å². The molecule has 0 aliphatic carbocycles. The van der Waals surface area contributed by atoms with Gasteiger partial charge in [0.1, 0.15) is 11.6 Å². The van der Waals surface area contributed by atoms with E-state index in [9.17, 15) is 13.6 Å². The number of carbonyl (C=O) groups is 1. The van der Waals surface area contributed by atoms with Crippen LogP contribution in [0.3, 0.4) is 0 Å². The number of rotatable bonds is 4. The van der Waals surface area contributed by atoms with E-state index in [4.69, 9.17) is 9.84 Å². The van der Waals surface area contributed by atoms with Gasteiger partial charge in [0.05, 0.1) is 0 Å². The van der Waals surface area contributed by atoms with E-state index in [2.05, 4.69) is 10.1 Å². The topological polar surface area (TPSA) is 77.2 Å². The van der Waals surface area contributed by atoms with Crippen molar-refractivity contribution in [3.63, 3.8) is 0 Å². The molecule has 1 aromatic carbocycles. The van der Waals surface area contributed by atoms with Gasteiger partial charge in [-0.3, -0.25) is 0 Å². The number of aryl methyl sites for hydroxylation is 1. The Hall–Kier alpha value is -2.51. The van der Waals surface area contributed by atoms with Crippen molar-refractivity contribution in [3.05, 3.63) is 29.8 Å². The number of hydrogen-bond donors (Lipinski definition) is 1. The van der Waals surface area contributed by atoms with Gasteiger partial charge in [-0.1, -0.05) is 13.8 Å². The molecule has 0 atom stereocenters. The summed E-state index contributed by atoms with van der Waals surface area (Å²) in [4.78, 5) is 14.2. The molecule has 1 N–H and O–H groups in total. The second-order valence-corrected chi connectivity index (χ2v) is 3.68. The Morgan fingerprint density at radius 2 is 1.86 bits per heavy atom. The standard InChI is InChI=1S/C11H9F2N3O3.C2H6/c1-16-10(6-2-7(12)4-8(13)3-6)14-11(15-16)19-5-9(17)18;1-2/h2-4H,5H2,1H3,(H,17,18);1-2H3. The normalized spacial score (nSPS) is 9.76. The third-order valence-corrected chi connectivity index (χ3v) is 2.19. The van der Waals surface area contributed by atoms with Gasteiger partial charge in [0.25, 0.3) is 0 Å². The van der Waals surface area contributed by atoms with Crippen LogP contribution >= 0.6 is 0 Å². The zero-order valence-electron chi connectivity index (χ0n) is 11.8. The van der Waals surface area contributed by atoms with Crippen molar-refractivity contribution in [1.29, 1.82) is 0 Å². The second kappa shape index (κ2) is 7.32. The number of carboxylic acids is 1. The predicted octanol–water partition coefficient (Wildman–Crippen LogP) is 2.25. The van der Waals surface area contributed by atoms with Crippen molar-refractivity contribution in [2.45, 2.75) is 13.8 Å². The van der Waals surface area contributed by atoms with Gasteiger partial charge in [-0.05, 0) is 12.1 Å². The molecule has 0 spiro atoms. The molecule has 0 fully saturated rings. The summed E-state index contributed by atoms with van der Waals surface area (Å²) < 4.78 is 32.2. The Kier molecular flexibility index (Phi) is 5.77. The zero-order valence-corrected chi connectivity index (χ0v) is 11.8. The van der Waals surface area contributed by atoms with E-state index in [1.807, 2.05) is 13.8 Å². The van der Waals surface area contributed by atoms with E-state index in [0.717, 1.165) is 18.2 Å². The number of hydrogen-bond acceptors (Lipinski definition) is 4. The minimum absolute atomic E-state index is 0.166. The van der Waals surface area contributed by atoms with Gasteiger partial charge in [0, 0.05) is 18.7 Å². The number of benzene rings is 1. The molecular weight excluding hydrogens is 284 g/mol. The fraction of sp³-hybridized carbons (Fsp3) is 0.308. The molecule has 0 saturated carbocycles. The Morgan fingerprint density at radius 3 is 2.38 bits per heavy atom. The van der Waals surface area contributed by atoms with Crippen LogP contribution in [0.1, 0.15) is 13.8 Å². The van der Waals surface area contributed by atoms with Crippen LogP contribution in [0.4, 0.5) is 8.78 Å². The minimum Gasteiger partial charge on any atom is -0.479 e. The van der Waals surface area contributed by atoms with Gasteiger partial charge in [0.15, 0.2) is 12.4 Å². The average molecular weight is 299 g/mol. The first-order valence-corrected chi connectivity index (χ1v) is 6.18. The third-order valence-electron chi connectivity index (χ3n) is 2.19. The first-order valence-electron chi connectivity index (χ1n) is 6.18. The highest BCUT2D eigenvalue weighted by Gasteiger charge is 2.13. The first kappa shape index (κ1) is 16.5. The largest absolute Gasteiger partial charge is 0.479 e. The summed E-state index contributed by atoms with van der Waals surface area (Å²) in [7, 11) is 1.50. The lowest BCUT2D eigenvalue weighted by atomic mass is 10.2. The highest BCUT2D eigenvalue weighted by molar-refractivity contribution is 5.68. The number of aromatic nitrogens is 3. The molecule has 0 aliphatic heterocycles. The van der Waals surface area contributed by atoms with E-state index in [1.165, 1.54) is 11.7 Å². The maximum Gasteiger partial charge on any atom is 0.341 e. The lowest BCUT2D eigenvalue weighted by Gasteiger charge is -2.00. The molecule has 2 aromatic rings. The molecule has 2 rings (SSSR count). The quantitative estimate of drug-likeness (QED) is 0.937. The molecule has 21 heavy (non-hydrogen) atoms. The predicted molar refractivity (Wildman–Crippen MR) is 70.8 cm³/mol. The monoisotopic (exact) mass is 299 g/mol. The van der Waals surface area contributed by atoms with Crippen molar-refractivity contribution < 1.29 is 23.4 Å². The Bertz CT molecular complexity index is 609. The fourth-order valence-electron chi connectivity index (χ4n) is 1.48. The maximum absolute atomic E-state index is 13.1. The van der Waals surface area contributed by atoms with Crippen LogP contribution in [0.15, 0.2) is 18.2 Å². The summed E-state index contributed by atoms with van der Waals surface area (Å²) >= 11 is 0. The van der Waals surface area contributed by atoms with E-state index in [1.54, 1.807) is 0 Å². The van der Waals surface area contributed by atoms with Gasteiger partial charge in [-0.15, -0.1) is 5.10 Å². The van der Waals surface area contributed by atoms with Crippen LogP contribution in [-0.4, -0.2) is 32.4 Å². The molecule has 0 unspecified atom stereocenters. The fourth-order valence-corrected chi connectivity index (χ4v) is 1.48. The SMILES string of the molecule is CC.Cn1nc(OCC(=O)O)nc1-c1cc(F)cc(F)c1. The lowest BCUT2D eigenvalue weighted by molar-refractivity contribution is -0.139. The highest BCUT2D eigenvalue weighted by Crippen LogP contribution is 2.21. The molecule has 8 heteroatoms. The first-order chi connectivity index (χ1) is 9.95. The number of ether oxygens (including phenoxy) is 1. The maximum atomic E-state index is 13.1. The van der Waals surface area contributed by atoms with Gasteiger partial charge in [-0.2, -0.15) is 4.98 Å². The summed E-state index contributed by atoms with van der Waals surface area (Å²) in [6.45, 7) is 3.40. The molecule has 114 valence electrons. The number of carboxylic acid groups (broad SMARTS) is 1. The van der Waals surface area contributed by atoms with Gasteiger partial charge in [0.2, 0.25) is 0 Å². The van der Waals surface area contributed by atoms with Crippen LogP contribution in [0.5, 0.6) is 6.01 Å². The Morgan fingerprint density at radius 1 is 1.29 bits per heavy atom. The van der Waals surface area contributed by atoms with Crippen molar-refractivity contribution in [2.75, 3.05) is 6.61 Å². The zero-order chi connectivity index (χ0) is 16.0. The molecule has 0 aliphatic rings. The van der Waals surface area contributed by atoms with E-state index in [0.29, 0.717) is 0 Å². The van der Waals surface area contributed by atoms with Crippen molar-refractivity contribution in [1.82, 2.24) is 14.8 Å². The van der Waals surface area contributed by atoms with Crippen LogP contribution in [0, 0.1) is 11.6 Å². The molecule has 1 heterocycles. The lowest BCUT2D eigenvalue weighted by Crippen LogP contribution is -2.10. The summed E-state index contributed by atoms with van der Waals surface area (Å²) in [5.41, 5.74) is 0.178. The molecule has 0 radical (unpaired) electrons. The summed E-state index contributed by atoms with van der Waals surface area (Å²) in [6.07, 6.45) is 0. The minimum atomic E-state index is -1.18. The smallest absolute Gasteiger partial charge is 0.341 e. The second-order valence-electron chi connectivity index (χ2n) is 3.68. The summed E-state index contributed by atoms with van der Waals surface area (Å²) in [5.74, 6) is -2.50. The van der Waals surface area contributed by atoms with Crippen molar-refractivity contribution >= 4 is 5.97 Å². The molecule has 0 saturated heterocycles. The van der Waals surface area contributed by atoms with E-state index < -0.39 is 24.2 Å². The van der Waals surface area contributed by atoms with E-state index >= 15 is 0 Å². The molecule has 1 aromatic heterocycles. The van der Waals surface area contributed by atoms with Crippen LogP contribution in [0.25, 0.3) is 11.4 Å². The van der Waals surface area contributed by atoms with Crippen LogP contribution in [-0.2, 0) is 11.8 Å². The highest BCUT2D eigenvalue weighted by atomic mass is 19.1. The molecule has 6 nitrogen and oxygen atoms in total. The molecule has 0 amide bonds. The van der Waals surface area contributed by atoms with Gasteiger partial charge < -0.3 is 9.84 Å². The number of aliphatic carboxylic acids is 1. The Labute approximate surface area is 120 Å². The van der Waals surface area contributed by atoms with Gasteiger partial charge in [-0.25, -0.2) is 18.3 Å².